The van der Waals surface area contributed by atoms with E-state index in [9.17, 15) is 18.0 Å². The Balaban J connectivity index is 0.00000441. The van der Waals surface area contributed by atoms with Crippen LogP contribution in [0.25, 0.3) is 0 Å². The summed E-state index contributed by atoms with van der Waals surface area (Å²) in [5, 5.41) is 2.32. The zero-order valence-corrected chi connectivity index (χ0v) is 12.9. The van der Waals surface area contributed by atoms with Crippen LogP contribution >= 0.6 is 12.4 Å². The summed E-state index contributed by atoms with van der Waals surface area (Å²) in [6.45, 7) is 1.88. The molecule has 1 aromatic rings. The molecule has 126 valence electrons. The Labute approximate surface area is 132 Å². The Bertz CT molecular complexity index is 498. The third-order valence-corrected chi connectivity index (χ3v) is 2.55. The lowest BCUT2D eigenvalue weighted by Gasteiger charge is -2.16. The Kier molecular flexibility index (Phi) is 8.21. The van der Waals surface area contributed by atoms with Crippen LogP contribution in [0.3, 0.4) is 0 Å². The normalized spacial score (nSPS) is 12.3. The second-order valence-corrected chi connectivity index (χ2v) is 4.19. The maximum absolute atomic E-state index is 12.7. The molecule has 0 aliphatic rings. The molecule has 0 fully saturated rings. The van der Waals surface area contributed by atoms with Crippen LogP contribution in [-0.4, -0.2) is 32.3 Å². The molecule has 1 unspecified atom stereocenters. The van der Waals surface area contributed by atoms with E-state index >= 15 is 0 Å². The van der Waals surface area contributed by atoms with Crippen LogP contribution in [0.4, 0.5) is 18.9 Å². The van der Waals surface area contributed by atoms with Gasteiger partial charge in [-0.25, -0.2) is 0 Å². The highest BCUT2D eigenvalue weighted by Gasteiger charge is 2.31. The van der Waals surface area contributed by atoms with Crippen LogP contribution in [0.2, 0.25) is 0 Å². The second kappa shape index (κ2) is 8.82. The molecule has 9 heteroatoms. The number of alkyl halides is 3. The molecule has 0 bridgehead atoms. The van der Waals surface area contributed by atoms with Gasteiger partial charge in [0.25, 0.3) is 0 Å². The van der Waals surface area contributed by atoms with Gasteiger partial charge < -0.3 is 20.5 Å². The maximum Gasteiger partial charge on any atom is 0.416 e. The van der Waals surface area contributed by atoms with Crippen molar-refractivity contribution in [2.24, 2.45) is 5.73 Å². The predicted octanol–water partition coefficient (Wildman–Crippen LogP) is 2.44. The van der Waals surface area contributed by atoms with Gasteiger partial charge in [-0.15, -0.1) is 12.4 Å². The van der Waals surface area contributed by atoms with Gasteiger partial charge in [0.15, 0.2) is 0 Å². The minimum Gasteiger partial charge on any atom is -0.492 e. The predicted molar refractivity (Wildman–Crippen MR) is 78.3 cm³/mol. The molecule has 0 aliphatic carbocycles. The number of ether oxygens (including phenoxy) is 2. The van der Waals surface area contributed by atoms with Crippen molar-refractivity contribution in [2.45, 2.75) is 19.1 Å². The van der Waals surface area contributed by atoms with Gasteiger partial charge in [0.1, 0.15) is 11.8 Å². The average Bonchev–Trinajstić information content (AvgIpc) is 2.40. The van der Waals surface area contributed by atoms with E-state index in [1.165, 1.54) is 7.11 Å². The Morgan fingerprint density at radius 1 is 1.41 bits per heavy atom. The fraction of sp³-hybridized carbons (Fsp3) is 0.462. The molecule has 5 nitrogen and oxygen atoms in total. The Morgan fingerprint density at radius 3 is 2.55 bits per heavy atom. The van der Waals surface area contributed by atoms with Crippen LogP contribution in [0.5, 0.6) is 5.75 Å². The van der Waals surface area contributed by atoms with Crippen molar-refractivity contribution in [3.05, 3.63) is 23.8 Å². The lowest BCUT2D eigenvalue weighted by molar-refractivity contribution is -0.137. The van der Waals surface area contributed by atoms with Crippen molar-refractivity contribution < 1.29 is 27.4 Å². The number of nitrogens with two attached hydrogens (primary N) is 1. The molecule has 0 spiro atoms. The monoisotopic (exact) mass is 342 g/mol. The highest BCUT2D eigenvalue weighted by atomic mass is 35.5. The molecule has 0 aliphatic heterocycles. The van der Waals surface area contributed by atoms with Crippen molar-refractivity contribution in [1.29, 1.82) is 0 Å². The third-order valence-electron chi connectivity index (χ3n) is 2.55. The summed E-state index contributed by atoms with van der Waals surface area (Å²) in [5.41, 5.74) is 4.56. The van der Waals surface area contributed by atoms with Gasteiger partial charge in [0, 0.05) is 7.11 Å². The van der Waals surface area contributed by atoms with Crippen molar-refractivity contribution >= 4 is 24.0 Å². The number of hydrogen-bond donors (Lipinski definition) is 2. The van der Waals surface area contributed by atoms with Crippen molar-refractivity contribution in [1.82, 2.24) is 0 Å². The molecule has 0 heterocycles. The van der Waals surface area contributed by atoms with Crippen molar-refractivity contribution in [2.75, 3.05) is 25.6 Å². The molecule has 0 radical (unpaired) electrons. The first kappa shape index (κ1) is 20.5. The molecule has 22 heavy (non-hydrogen) atoms. The fourth-order valence-corrected chi connectivity index (χ4v) is 1.57. The summed E-state index contributed by atoms with van der Waals surface area (Å²) >= 11 is 0. The number of amides is 1. The number of carbonyl (C=O) groups excluding carboxylic acids is 1. The SMILES string of the molecule is CCOc1ccc(C(F)(F)F)cc1NC(=O)C(N)COC.Cl. The lowest BCUT2D eigenvalue weighted by atomic mass is 10.1. The number of anilines is 1. The highest BCUT2D eigenvalue weighted by Crippen LogP contribution is 2.35. The first-order chi connectivity index (χ1) is 9.79. The number of benzene rings is 1. The molecule has 1 rings (SSSR count). The van der Waals surface area contributed by atoms with Crippen molar-refractivity contribution in [3.8, 4) is 5.75 Å². The van der Waals surface area contributed by atoms with E-state index < -0.39 is 23.7 Å². The first-order valence-electron chi connectivity index (χ1n) is 6.19. The summed E-state index contributed by atoms with van der Waals surface area (Å²) in [7, 11) is 1.36. The molecule has 3 N–H and O–H groups in total. The summed E-state index contributed by atoms with van der Waals surface area (Å²) in [6.07, 6.45) is -4.52. The number of nitrogens with one attached hydrogen (secondary N) is 1. The minimum atomic E-state index is -4.52. The van der Waals surface area contributed by atoms with E-state index in [0.29, 0.717) is 0 Å². The average molecular weight is 343 g/mol. The van der Waals surface area contributed by atoms with E-state index in [1.54, 1.807) is 6.92 Å². The molecular weight excluding hydrogens is 325 g/mol. The third kappa shape index (κ3) is 5.70. The van der Waals surface area contributed by atoms with Gasteiger partial charge in [-0.1, -0.05) is 0 Å². The van der Waals surface area contributed by atoms with Gasteiger partial charge in [0.05, 0.1) is 24.5 Å². The molecule has 1 amide bonds. The van der Waals surface area contributed by atoms with Crippen LogP contribution < -0.4 is 15.8 Å². The molecule has 1 atom stereocenters. The van der Waals surface area contributed by atoms with Gasteiger partial charge >= 0.3 is 6.18 Å². The summed E-state index contributed by atoms with van der Waals surface area (Å²) in [5.74, 6) is -0.513. The number of carbonyl (C=O) groups is 1. The van der Waals surface area contributed by atoms with Crippen LogP contribution in [0.15, 0.2) is 18.2 Å². The second-order valence-electron chi connectivity index (χ2n) is 4.19. The summed E-state index contributed by atoms with van der Waals surface area (Å²) in [4.78, 5) is 11.8. The Morgan fingerprint density at radius 2 is 2.05 bits per heavy atom. The van der Waals surface area contributed by atoms with E-state index in [2.05, 4.69) is 5.32 Å². The van der Waals surface area contributed by atoms with E-state index in [-0.39, 0.29) is 37.1 Å². The van der Waals surface area contributed by atoms with Gasteiger partial charge in [0.2, 0.25) is 5.91 Å². The number of hydrogen-bond acceptors (Lipinski definition) is 4. The smallest absolute Gasteiger partial charge is 0.416 e. The van der Waals surface area contributed by atoms with E-state index in [0.717, 1.165) is 18.2 Å². The summed E-state index contributed by atoms with van der Waals surface area (Å²) in [6, 6.07) is 1.86. The highest BCUT2D eigenvalue weighted by molar-refractivity contribution is 5.96. The zero-order chi connectivity index (χ0) is 16.0. The lowest BCUT2D eigenvalue weighted by Crippen LogP contribution is -2.39. The minimum absolute atomic E-state index is 0. The van der Waals surface area contributed by atoms with Gasteiger partial charge in [-0.2, -0.15) is 13.2 Å². The molecule has 0 saturated heterocycles. The number of halogens is 4. The van der Waals surface area contributed by atoms with Crippen molar-refractivity contribution in [3.63, 3.8) is 0 Å². The molecular formula is C13H18ClF3N2O3. The Hall–Kier alpha value is -1.51. The number of methoxy groups -OCH3 is 1. The topological polar surface area (TPSA) is 73.6 Å². The first-order valence-corrected chi connectivity index (χ1v) is 6.19. The van der Waals surface area contributed by atoms with Crippen LogP contribution in [0, 0.1) is 0 Å². The standard InChI is InChI=1S/C13H17F3N2O3.ClH/c1-3-21-11-5-4-8(13(14,15)16)6-10(11)18-12(19)9(17)7-20-2;/h4-6,9H,3,7,17H2,1-2H3,(H,18,19);1H. The quantitative estimate of drug-likeness (QED) is 0.832. The largest absolute Gasteiger partial charge is 0.492 e. The van der Waals surface area contributed by atoms with Crippen LogP contribution in [0.1, 0.15) is 12.5 Å². The van der Waals surface area contributed by atoms with E-state index in [4.69, 9.17) is 15.2 Å². The van der Waals surface area contributed by atoms with E-state index in [1.807, 2.05) is 0 Å². The molecule has 0 aromatic heterocycles. The molecule has 1 aromatic carbocycles. The maximum atomic E-state index is 12.7. The molecule has 0 saturated carbocycles. The summed E-state index contributed by atoms with van der Waals surface area (Å²) < 4.78 is 48.0. The number of rotatable bonds is 6. The van der Waals surface area contributed by atoms with Crippen LogP contribution in [-0.2, 0) is 15.7 Å². The van der Waals surface area contributed by atoms with Gasteiger partial charge in [-0.05, 0) is 25.1 Å². The van der Waals surface area contributed by atoms with Gasteiger partial charge in [-0.3, -0.25) is 4.79 Å². The zero-order valence-electron chi connectivity index (χ0n) is 12.1. The fourth-order valence-electron chi connectivity index (χ4n) is 1.57.